The van der Waals surface area contributed by atoms with Gasteiger partial charge in [-0.3, -0.25) is 0 Å². The lowest BCUT2D eigenvalue weighted by atomic mass is 10.2. The molecule has 7 heteroatoms. The number of carbonyl (C=O) groups is 1. The number of hydrogen-bond donors (Lipinski definition) is 2. The van der Waals surface area contributed by atoms with Gasteiger partial charge in [0.05, 0.1) is 7.14 Å². The van der Waals surface area contributed by atoms with E-state index >= 15 is 0 Å². The number of rotatable bonds is 3. The van der Waals surface area contributed by atoms with Crippen molar-refractivity contribution in [2.24, 2.45) is 0 Å². The summed E-state index contributed by atoms with van der Waals surface area (Å²) < 4.78 is 8.73. The van der Waals surface area contributed by atoms with Crippen molar-refractivity contribution in [3.8, 4) is 17.2 Å². The van der Waals surface area contributed by atoms with E-state index in [1.165, 1.54) is 18.2 Å². The second kappa shape index (κ2) is 6.64. The first-order valence-corrected chi connectivity index (χ1v) is 8.51. The van der Waals surface area contributed by atoms with Crippen LogP contribution in [0.5, 0.6) is 17.2 Å². The van der Waals surface area contributed by atoms with Gasteiger partial charge in [0.25, 0.3) is 0 Å². The SMILES string of the molecule is O=C(O)c1ccc(Oc2c(I)cc(I)cc2I)cc1O. The van der Waals surface area contributed by atoms with Gasteiger partial charge in [0.2, 0.25) is 0 Å². The van der Waals surface area contributed by atoms with Gasteiger partial charge in [-0.15, -0.1) is 0 Å². The van der Waals surface area contributed by atoms with E-state index in [-0.39, 0.29) is 11.3 Å². The topological polar surface area (TPSA) is 66.8 Å². The standard InChI is InChI=1S/C13H7I3O4/c14-6-3-9(15)12(10(16)4-6)20-7-1-2-8(13(18)19)11(17)5-7/h1-5,17H,(H,18,19). The summed E-state index contributed by atoms with van der Waals surface area (Å²) in [7, 11) is 0. The van der Waals surface area contributed by atoms with Crippen molar-refractivity contribution in [3.63, 3.8) is 0 Å². The second-order valence-corrected chi connectivity index (χ2v) is 7.35. The van der Waals surface area contributed by atoms with Gasteiger partial charge in [-0.1, -0.05) is 0 Å². The molecule has 20 heavy (non-hydrogen) atoms. The van der Waals surface area contributed by atoms with Crippen molar-refractivity contribution >= 4 is 73.7 Å². The van der Waals surface area contributed by atoms with E-state index in [1.54, 1.807) is 0 Å². The summed E-state index contributed by atoms with van der Waals surface area (Å²) in [6.45, 7) is 0. The second-order valence-electron chi connectivity index (χ2n) is 3.78. The summed E-state index contributed by atoms with van der Waals surface area (Å²) in [5.74, 6) is -0.406. The van der Waals surface area contributed by atoms with Crippen LogP contribution >= 0.6 is 67.8 Å². The predicted octanol–water partition coefficient (Wildman–Crippen LogP) is 4.70. The molecular formula is C13H7I3O4. The molecule has 0 aliphatic heterocycles. The lowest BCUT2D eigenvalue weighted by Gasteiger charge is -2.11. The van der Waals surface area contributed by atoms with Gasteiger partial charge in [0.15, 0.2) is 5.75 Å². The smallest absolute Gasteiger partial charge is 0.339 e. The average Bonchev–Trinajstić information content (AvgIpc) is 2.33. The fourth-order valence-corrected chi connectivity index (χ4v) is 5.30. The summed E-state index contributed by atoms with van der Waals surface area (Å²) >= 11 is 6.57. The van der Waals surface area contributed by atoms with Crippen LogP contribution in [-0.2, 0) is 0 Å². The van der Waals surface area contributed by atoms with E-state index in [2.05, 4.69) is 67.8 Å². The maximum atomic E-state index is 10.8. The molecule has 0 amide bonds. The Balaban J connectivity index is 2.36. The van der Waals surface area contributed by atoms with E-state index in [0.717, 1.165) is 10.7 Å². The van der Waals surface area contributed by atoms with Gasteiger partial charge >= 0.3 is 5.97 Å². The van der Waals surface area contributed by atoms with Crippen molar-refractivity contribution in [2.45, 2.75) is 0 Å². The molecule has 4 nitrogen and oxygen atoms in total. The monoisotopic (exact) mass is 608 g/mol. The fraction of sp³-hybridized carbons (Fsp3) is 0. The van der Waals surface area contributed by atoms with Crippen molar-refractivity contribution < 1.29 is 19.7 Å². The molecule has 2 aromatic carbocycles. The maximum absolute atomic E-state index is 10.8. The highest BCUT2D eigenvalue weighted by molar-refractivity contribution is 14.1. The van der Waals surface area contributed by atoms with E-state index in [4.69, 9.17) is 9.84 Å². The molecule has 2 N–H and O–H groups in total. The molecule has 0 aliphatic rings. The molecule has 0 saturated heterocycles. The van der Waals surface area contributed by atoms with Crippen LogP contribution in [0.1, 0.15) is 10.4 Å². The van der Waals surface area contributed by atoms with E-state index < -0.39 is 5.97 Å². The molecule has 0 aromatic heterocycles. The molecule has 0 atom stereocenters. The lowest BCUT2D eigenvalue weighted by Crippen LogP contribution is -1.97. The van der Waals surface area contributed by atoms with Crippen LogP contribution in [0.4, 0.5) is 0 Å². The Morgan fingerprint density at radius 3 is 2.15 bits per heavy atom. The third-order valence-electron chi connectivity index (χ3n) is 2.38. The summed E-state index contributed by atoms with van der Waals surface area (Å²) in [5.41, 5.74) is -0.149. The van der Waals surface area contributed by atoms with Gasteiger partial charge in [0.1, 0.15) is 17.1 Å². The largest absolute Gasteiger partial charge is 0.507 e. The molecule has 0 saturated carbocycles. The Kier molecular flexibility index (Phi) is 5.34. The zero-order valence-electron chi connectivity index (χ0n) is 9.73. The number of hydrogen-bond acceptors (Lipinski definition) is 3. The van der Waals surface area contributed by atoms with Gasteiger partial charge in [-0.25, -0.2) is 4.79 Å². The molecular weight excluding hydrogens is 601 g/mol. The van der Waals surface area contributed by atoms with Crippen molar-refractivity contribution in [3.05, 3.63) is 46.6 Å². The first-order valence-electron chi connectivity index (χ1n) is 5.27. The fourth-order valence-electron chi connectivity index (χ4n) is 1.50. The zero-order valence-corrected chi connectivity index (χ0v) is 16.2. The molecule has 0 unspecified atom stereocenters. The quantitative estimate of drug-likeness (QED) is 0.497. The van der Waals surface area contributed by atoms with Crippen molar-refractivity contribution in [1.29, 1.82) is 0 Å². The van der Waals surface area contributed by atoms with Crippen LogP contribution in [0.15, 0.2) is 30.3 Å². The Bertz CT molecular complexity index is 662. The number of benzene rings is 2. The van der Waals surface area contributed by atoms with E-state index in [0.29, 0.717) is 11.5 Å². The molecule has 0 heterocycles. The minimum Gasteiger partial charge on any atom is -0.507 e. The first kappa shape index (κ1) is 16.1. The summed E-state index contributed by atoms with van der Waals surface area (Å²) in [5, 5.41) is 18.5. The molecule has 0 bridgehead atoms. The molecule has 0 aliphatic carbocycles. The Hall–Kier alpha value is -0.300. The van der Waals surface area contributed by atoms with Crippen LogP contribution in [0, 0.1) is 10.7 Å². The van der Waals surface area contributed by atoms with Gasteiger partial charge in [0, 0.05) is 9.64 Å². The third kappa shape index (κ3) is 3.67. The predicted molar refractivity (Wildman–Crippen MR) is 99.7 cm³/mol. The number of ether oxygens (including phenoxy) is 1. The highest BCUT2D eigenvalue weighted by Gasteiger charge is 2.13. The zero-order chi connectivity index (χ0) is 14.9. The normalized spacial score (nSPS) is 10.3. The molecule has 2 aromatic rings. The number of phenols is 1. The van der Waals surface area contributed by atoms with E-state index in [9.17, 15) is 9.90 Å². The summed E-state index contributed by atoms with van der Waals surface area (Å²) in [6, 6.07) is 8.09. The Labute approximate surface area is 156 Å². The van der Waals surface area contributed by atoms with E-state index in [1.807, 2.05) is 12.1 Å². The van der Waals surface area contributed by atoms with Crippen LogP contribution in [0.2, 0.25) is 0 Å². The third-order valence-corrected chi connectivity index (χ3v) is 4.61. The van der Waals surface area contributed by atoms with Gasteiger partial charge in [-0.2, -0.15) is 0 Å². The highest BCUT2D eigenvalue weighted by atomic mass is 127. The molecule has 0 spiro atoms. The van der Waals surface area contributed by atoms with Crippen LogP contribution in [0.25, 0.3) is 0 Å². The van der Waals surface area contributed by atoms with Gasteiger partial charge < -0.3 is 14.9 Å². The van der Waals surface area contributed by atoms with Crippen molar-refractivity contribution in [1.82, 2.24) is 0 Å². The van der Waals surface area contributed by atoms with Crippen LogP contribution < -0.4 is 4.74 Å². The number of aromatic hydroxyl groups is 1. The molecule has 2 rings (SSSR count). The highest BCUT2D eigenvalue weighted by Crippen LogP contribution is 2.34. The average molecular weight is 608 g/mol. The lowest BCUT2D eigenvalue weighted by molar-refractivity contribution is 0.0693. The minimum atomic E-state index is -1.17. The Morgan fingerprint density at radius 1 is 1.05 bits per heavy atom. The number of aromatic carboxylic acids is 1. The first-order chi connectivity index (χ1) is 9.38. The minimum absolute atomic E-state index is 0.149. The van der Waals surface area contributed by atoms with Gasteiger partial charge in [-0.05, 0) is 92.0 Å². The molecule has 104 valence electrons. The van der Waals surface area contributed by atoms with Crippen LogP contribution in [-0.4, -0.2) is 16.2 Å². The van der Waals surface area contributed by atoms with Crippen molar-refractivity contribution in [2.75, 3.05) is 0 Å². The van der Waals surface area contributed by atoms with Crippen LogP contribution in [0.3, 0.4) is 0 Å². The number of carboxylic acids is 1. The summed E-state index contributed by atoms with van der Waals surface area (Å²) in [6.07, 6.45) is 0. The number of halogens is 3. The maximum Gasteiger partial charge on any atom is 0.339 e. The summed E-state index contributed by atoms with van der Waals surface area (Å²) in [4.78, 5) is 10.8. The Morgan fingerprint density at radius 2 is 1.65 bits per heavy atom. The number of carboxylic acid groups (broad SMARTS) is 1. The molecule has 0 fully saturated rings. The molecule has 0 radical (unpaired) electrons.